The lowest BCUT2D eigenvalue weighted by Gasteiger charge is -2.26. The zero-order chi connectivity index (χ0) is 24.9. The first-order valence-corrected chi connectivity index (χ1v) is 13.4. The van der Waals surface area contributed by atoms with Crippen LogP contribution in [0.15, 0.2) is 48.7 Å². The second-order valence-electron chi connectivity index (χ2n) is 9.99. The second kappa shape index (κ2) is 11.4. The fourth-order valence-corrected chi connectivity index (χ4v) is 5.05. The average Bonchev–Trinajstić information content (AvgIpc) is 3.75. The molecule has 0 spiro atoms. The molecule has 0 amide bonds. The van der Waals surface area contributed by atoms with Crippen LogP contribution in [-0.4, -0.2) is 41.1 Å². The molecular weight excluding hydrogens is 468 g/mol. The van der Waals surface area contributed by atoms with Gasteiger partial charge >= 0.3 is 0 Å². The van der Waals surface area contributed by atoms with Crippen molar-refractivity contribution in [2.45, 2.75) is 51.4 Å². The summed E-state index contributed by atoms with van der Waals surface area (Å²) in [5.41, 5.74) is 3.00. The number of Topliss-reactive ketones (excluding diaryl/α,β-unsaturated/α-hetero) is 2. The highest BCUT2D eigenvalue weighted by Crippen LogP contribution is 2.32. The van der Waals surface area contributed by atoms with E-state index < -0.39 is 0 Å². The Labute approximate surface area is 218 Å². The van der Waals surface area contributed by atoms with Crippen molar-refractivity contribution in [3.05, 3.63) is 76.1 Å². The number of halogens is 1. The number of benzene rings is 2. The van der Waals surface area contributed by atoms with Crippen molar-refractivity contribution < 1.29 is 9.59 Å². The number of likely N-dealkylation sites (tertiary alicyclic amines) is 1. The van der Waals surface area contributed by atoms with Gasteiger partial charge in [0.1, 0.15) is 5.78 Å². The Hall–Kier alpha value is -3.00. The van der Waals surface area contributed by atoms with Crippen LogP contribution in [0, 0.1) is 17.8 Å². The molecular formula is C31H31ClN2O2. The predicted octanol–water partition coefficient (Wildman–Crippen LogP) is 6.26. The number of pyridine rings is 1. The first kappa shape index (κ1) is 24.7. The van der Waals surface area contributed by atoms with Crippen molar-refractivity contribution in [2.24, 2.45) is 5.92 Å². The van der Waals surface area contributed by atoms with Crippen molar-refractivity contribution in [3.8, 4) is 11.8 Å². The largest absolute Gasteiger partial charge is 0.303 e. The van der Waals surface area contributed by atoms with E-state index in [1.54, 1.807) is 6.20 Å². The number of carbonyl (C=O) groups is 2. The Morgan fingerprint density at radius 3 is 2.53 bits per heavy atom. The summed E-state index contributed by atoms with van der Waals surface area (Å²) in [7, 11) is 0. The molecule has 3 aromatic rings. The van der Waals surface area contributed by atoms with Crippen molar-refractivity contribution in [3.63, 3.8) is 0 Å². The maximum absolute atomic E-state index is 12.7. The molecule has 5 heteroatoms. The third-order valence-corrected chi connectivity index (χ3v) is 7.41. The topological polar surface area (TPSA) is 50.3 Å². The van der Waals surface area contributed by atoms with Crippen LogP contribution in [0.3, 0.4) is 0 Å². The normalized spacial score (nSPS) is 15.9. The van der Waals surface area contributed by atoms with Crippen LogP contribution in [-0.2, 0) is 11.2 Å². The van der Waals surface area contributed by atoms with Gasteiger partial charge in [-0.3, -0.25) is 14.6 Å². The van der Waals surface area contributed by atoms with E-state index in [0.717, 1.165) is 66.4 Å². The van der Waals surface area contributed by atoms with Crippen LogP contribution < -0.4 is 0 Å². The van der Waals surface area contributed by atoms with Crippen LogP contribution in [0.2, 0.25) is 5.02 Å². The molecule has 2 fully saturated rings. The van der Waals surface area contributed by atoms with E-state index >= 15 is 0 Å². The zero-order valence-corrected chi connectivity index (χ0v) is 21.3. The highest BCUT2D eigenvalue weighted by atomic mass is 35.5. The van der Waals surface area contributed by atoms with E-state index in [0.29, 0.717) is 23.6 Å². The Morgan fingerprint density at radius 2 is 1.78 bits per heavy atom. The summed E-state index contributed by atoms with van der Waals surface area (Å²) >= 11 is 6.28. The molecule has 184 valence electrons. The summed E-state index contributed by atoms with van der Waals surface area (Å²) in [5, 5.41) is 2.47. The lowest BCUT2D eigenvalue weighted by Crippen LogP contribution is -2.30. The minimum Gasteiger partial charge on any atom is -0.303 e. The number of carbonyl (C=O) groups excluding carboxylic acids is 2. The van der Waals surface area contributed by atoms with E-state index in [1.807, 2.05) is 42.5 Å². The van der Waals surface area contributed by atoms with E-state index in [-0.39, 0.29) is 17.5 Å². The van der Waals surface area contributed by atoms with E-state index in [9.17, 15) is 9.59 Å². The summed E-state index contributed by atoms with van der Waals surface area (Å²) in [6.07, 6.45) is 9.38. The van der Waals surface area contributed by atoms with Gasteiger partial charge in [-0.25, -0.2) is 0 Å². The van der Waals surface area contributed by atoms with Gasteiger partial charge in [0, 0.05) is 45.5 Å². The first-order valence-electron chi connectivity index (χ1n) is 13.0. The molecule has 5 rings (SSSR count). The summed E-state index contributed by atoms with van der Waals surface area (Å²) < 4.78 is 0. The van der Waals surface area contributed by atoms with Gasteiger partial charge in [0.2, 0.25) is 0 Å². The fraction of sp³-hybridized carbons (Fsp3) is 0.387. The molecule has 0 N–H and O–H groups in total. The number of rotatable bonds is 8. The quantitative estimate of drug-likeness (QED) is 0.272. The molecule has 2 aliphatic rings. The lowest BCUT2D eigenvalue weighted by atomic mass is 10.00. The van der Waals surface area contributed by atoms with Gasteiger partial charge in [0.15, 0.2) is 5.78 Å². The maximum Gasteiger partial charge on any atom is 0.162 e. The Balaban J connectivity index is 1.31. The van der Waals surface area contributed by atoms with Gasteiger partial charge in [0.25, 0.3) is 0 Å². The molecule has 4 nitrogen and oxygen atoms in total. The van der Waals surface area contributed by atoms with Crippen molar-refractivity contribution in [1.29, 1.82) is 0 Å². The standard InChI is InChI=1S/C31H31ClN2O2/c32-26-14-13-25-21-33-29(20-31(36)24-11-12-24)27(28(25)19-26)15-8-22-6-9-23(10-7-22)30(35)5-4-18-34-16-2-1-3-17-34/h6-7,9-10,13-14,19,21,24H,1-5,11-12,16-18,20H2. The monoisotopic (exact) mass is 498 g/mol. The van der Waals surface area contributed by atoms with Crippen LogP contribution in [0.1, 0.15) is 72.1 Å². The highest BCUT2D eigenvalue weighted by molar-refractivity contribution is 6.31. The Morgan fingerprint density at radius 1 is 1.00 bits per heavy atom. The van der Waals surface area contributed by atoms with Crippen molar-refractivity contribution in [1.82, 2.24) is 9.88 Å². The molecule has 1 aliphatic carbocycles. The molecule has 1 saturated carbocycles. The minimum atomic E-state index is 0.174. The third kappa shape index (κ3) is 6.22. The molecule has 0 atom stereocenters. The predicted molar refractivity (Wildman–Crippen MR) is 144 cm³/mol. The average molecular weight is 499 g/mol. The van der Waals surface area contributed by atoms with Crippen LogP contribution in [0.25, 0.3) is 10.8 Å². The first-order chi connectivity index (χ1) is 17.6. The third-order valence-electron chi connectivity index (χ3n) is 7.17. The van der Waals surface area contributed by atoms with Gasteiger partial charge in [-0.05, 0) is 76.0 Å². The Bertz CT molecular complexity index is 1330. The molecule has 1 aliphatic heterocycles. The van der Waals surface area contributed by atoms with Gasteiger partial charge in [0.05, 0.1) is 17.7 Å². The summed E-state index contributed by atoms with van der Waals surface area (Å²) in [6, 6.07) is 13.2. The lowest BCUT2D eigenvalue weighted by molar-refractivity contribution is -0.119. The molecule has 1 aromatic heterocycles. The van der Waals surface area contributed by atoms with E-state index in [1.165, 1.54) is 19.3 Å². The van der Waals surface area contributed by atoms with Gasteiger partial charge in [-0.15, -0.1) is 0 Å². The number of hydrogen-bond acceptors (Lipinski definition) is 4. The molecule has 0 unspecified atom stereocenters. The number of fused-ring (bicyclic) bond motifs is 1. The number of ketones is 2. The van der Waals surface area contributed by atoms with Gasteiger partial charge in [-0.1, -0.05) is 48.1 Å². The summed E-state index contributed by atoms with van der Waals surface area (Å²) in [6.45, 7) is 3.33. The minimum absolute atomic E-state index is 0.174. The van der Waals surface area contributed by atoms with E-state index in [4.69, 9.17) is 11.6 Å². The molecule has 2 aromatic carbocycles. The molecule has 36 heavy (non-hydrogen) atoms. The Kier molecular flexibility index (Phi) is 7.80. The van der Waals surface area contributed by atoms with Crippen LogP contribution >= 0.6 is 11.6 Å². The number of nitrogens with zero attached hydrogens (tertiary/aromatic N) is 2. The smallest absolute Gasteiger partial charge is 0.162 e. The number of aromatic nitrogens is 1. The number of piperidine rings is 1. The maximum atomic E-state index is 12.7. The summed E-state index contributed by atoms with van der Waals surface area (Å²) in [4.78, 5) is 32.2. The van der Waals surface area contributed by atoms with Crippen molar-refractivity contribution >= 4 is 33.9 Å². The molecule has 2 heterocycles. The second-order valence-corrected chi connectivity index (χ2v) is 10.4. The van der Waals surface area contributed by atoms with E-state index in [2.05, 4.69) is 21.7 Å². The highest BCUT2D eigenvalue weighted by Gasteiger charge is 2.30. The van der Waals surface area contributed by atoms with Gasteiger partial charge < -0.3 is 4.90 Å². The molecule has 0 bridgehead atoms. The summed E-state index contributed by atoms with van der Waals surface area (Å²) in [5.74, 6) is 7.08. The zero-order valence-electron chi connectivity index (χ0n) is 20.6. The van der Waals surface area contributed by atoms with Crippen molar-refractivity contribution in [2.75, 3.05) is 19.6 Å². The SMILES string of the molecule is O=C(CCCN1CCCCC1)c1ccc(C#Cc2c(CC(=O)C3CC3)ncc3ccc(Cl)cc23)cc1. The van der Waals surface area contributed by atoms with Crippen LogP contribution in [0.4, 0.5) is 0 Å². The van der Waals surface area contributed by atoms with Gasteiger partial charge in [-0.2, -0.15) is 0 Å². The molecule has 0 radical (unpaired) electrons. The number of hydrogen-bond donors (Lipinski definition) is 0. The van der Waals surface area contributed by atoms with Crippen LogP contribution in [0.5, 0.6) is 0 Å². The molecule has 1 saturated heterocycles. The fourth-order valence-electron chi connectivity index (χ4n) is 4.88.